The molecule has 0 radical (unpaired) electrons. The zero-order valence-electron chi connectivity index (χ0n) is 13.8. The van der Waals surface area contributed by atoms with E-state index in [0.29, 0.717) is 13.1 Å². The summed E-state index contributed by atoms with van der Waals surface area (Å²) in [5, 5.41) is 0. The maximum absolute atomic E-state index is 12.2. The molecule has 1 amide bonds. The quantitative estimate of drug-likeness (QED) is 0.819. The number of hydrogen-bond donors (Lipinski definition) is 0. The van der Waals surface area contributed by atoms with Gasteiger partial charge in [0.05, 0.1) is 5.75 Å². The Morgan fingerprint density at radius 2 is 1.91 bits per heavy atom. The molecule has 2 rings (SSSR count). The summed E-state index contributed by atoms with van der Waals surface area (Å²) in [5.74, 6) is 0.129. The molecule has 1 aliphatic rings. The third kappa shape index (κ3) is 4.68. The SMILES string of the molecule is CC1CN(C(=O)OCc2ccccc2)CC1CS(=O)(=O)N(C)C. The van der Waals surface area contributed by atoms with E-state index in [4.69, 9.17) is 4.74 Å². The molecule has 1 fully saturated rings. The highest BCUT2D eigenvalue weighted by Gasteiger charge is 2.36. The number of amides is 1. The van der Waals surface area contributed by atoms with E-state index in [0.717, 1.165) is 5.56 Å². The van der Waals surface area contributed by atoms with Gasteiger partial charge in [0.25, 0.3) is 0 Å². The number of likely N-dealkylation sites (tertiary alicyclic amines) is 1. The number of carbonyl (C=O) groups is 1. The normalized spacial score (nSPS) is 21.7. The Kier molecular flexibility index (Phi) is 5.64. The van der Waals surface area contributed by atoms with Crippen LogP contribution in [0.5, 0.6) is 0 Å². The van der Waals surface area contributed by atoms with E-state index in [-0.39, 0.29) is 30.3 Å². The van der Waals surface area contributed by atoms with Gasteiger partial charge >= 0.3 is 6.09 Å². The number of sulfonamides is 1. The molecule has 7 heteroatoms. The van der Waals surface area contributed by atoms with Gasteiger partial charge in [0.2, 0.25) is 10.0 Å². The van der Waals surface area contributed by atoms with Crippen molar-refractivity contribution in [2.45, 2.75) is 13.5 Å². The summed E-state index contributed by atoms with van der Waals surface area (Å²) in [5.41, 5.74) is 0.930. The number of carbonyl (C=O) groups excluding carboxylic acids is 1. The number of nitrogens with zero attached hydrogens (tertiary/aromatic N) is 2. The summed E-state index contributed by atoms with van der Waals surface area (Å²) < 4.78 is 30.6. The smallest absolute Gasteiger partial charge is 0.410 e. The molecule has 6 nitrogen and oxygen atoms in total. The van der Waals surface area contributed by atoms with Crippen LogP contribution in [0.25, 0.3) is 0 Å². The van der Waals surface area contributed by atoms with Gasteiger partial charge in [-0.3, -0.25) is 0 Å². The minimum atomic E-state index is -3.26. The van der Waals surface area contributed by atoms with Crippen LogP contribution in [-0.2, 0) is 21.4 Å². The van der Waals surface area contributed by atoms with E-state index < -0.39 is 10.0 Å². The Bertz CT molecular complexity index is 631. The Morgan fingerprint density at radius 3 is 2.52 bits per heavy atom. The molecule has 0 aromatic heterocycles. The topological polar surface area (TPSA) is 66.9 Å². The summed E-state index contributed by atoms with van der Waals surface area (Å²) >= 11 is 0. The van der Waals surface area contributed by atoms with E-state index in [9.17, 15) is 13.2 Å². The summed E-state index contributed by atoms with van der Waals surface area (Å²) in [4.78, 5) is 13.8. The van der Waals surface area contributed by atoms with Crippen LogP contribution in [0.4, 0.5) is 4.79 Å². The molecule has 1 aromatic rings. The van der Waals surface area contributed by atoms with Crippen LogP contribution in [0.2, 0.25) is 0 Å². The van der Waals surface area contributed by atoms with E-state index in [1.165, 1.54) is 18.4 Å². The van der Waals surface area contributed by atoms with Crippen molar-refractivity contribution in [2.24, 2.45) is 11.8 Å². The van der Waals surface area contributed by atoms with Crippen LogP contribution < -0.4 is 0 Å². The summed E-state index contributed by atoms with van der Waals surface area (Å²) in [6.07, 6.45) is -0.384. The van der Waals surface area contributed by atoms with Gasteiger partial charge < -0.3 is 9.64 Å². The van der Waals surface area contributed by atoms with Crippen molar-refractivity contribution in [3.05, 3.63) is 35.9 Å². The van der Waals surface area contributed by atoms with E-state index >= 15 is 0 Å². The second kappa shape index (κ2) is 7.31. The van der Waals surface area contributed by atoms with Crippen LogP contribution in [-0.4, -0.2) is 56.7 Å². The average Bonchev–Trinajstić information content (AvgIpc) is 2.86. The van der Waals surface area contributed by atoms with Crippen molar-refractivity contribution in [3.63, 3.8) is 0 Å². The molecule has 0 bridgehead atoms. The van der Waals surface area contributed by atoms with Crippen molar-refractivity contribution in [2.75, 3.05) is 32.9 Å². The van der Waals surface area contributed by atoms with Crippen molar-refractivity contribution in [3.8, 4) is 0 Å². The zero-order chi connectivity index (χ0) is 17.0. The minimum Gasteiger partial charge on any atom is -0.445 e. The lowest BCUT2D eigenvalue weighted by atomic mass is 10.0. The molecule has 0 spiro atoms. The predicted octanol–water partition coefficient (Wildman–Crippen LogP) is 1.78. The fourth-order valence-corrected chi connectivity index (χ4v) is 3.90. The Balaban J connectivity index is 1.89. The van der Waals surface area contributed by atoms with Crippen LogP contribution in [0, 0.1) is 11.8 Å². The van der Waals surface area contributed by atoms with Gasteiger partial charge in [0, 0.05) is 27.2 Å². The van der Waals surface area contributed by atoms with E-state index in [1.54, 1.807) is 4.90 Å². The highest BCUT2D eigenvalue weighted by Crippen LogP contribution is 2.25. The standard InChI is InChI=1S/C16H24N2O4S/c1-13-9-18(10-15(13)12-23(20,21)17(2)3)16(19)22-11-14-7-5-4-6-8-14/h4-8,13,15H,9-12H2,1-3H3. The molecule has 2 atom stereocenters. The first-order chi connectivity index (χ1) is 10.8. The van der Waals surface area contributed by atoms with Crippen molar-refractivity contribution in [1.29, 1.82) is 0 Å². The highest BCUT2D eigenvalue weighted by atomic mass is 32.2. The first kappa shape index (κ1) is 17.7. The maximum Gasteiger partial charge on any atom is 0.410 e. The van der Waals surface area contributed by atoms with Gasteiger partial charge in [0.1, 0.15) is 6.61 Å². The molecular weight excluding hydrogens is 316 g/mol. The fraction of sp³-hybridized carbons (Fsp3) is 0.562. The molecule has 2 unspecified atom stereocenters. The molecule has 0 N–H and O–H groups in total. The first-order valence-corrected chi connectivity index (χ1v) is 9.26. The number of rotatable bonds is 5. The molecule has 1 aromatic carbocycles. The molecule has 128 valence electrons. The van der Waals surface area contributed by atoms with E-state index in [2.05, 4.69) is 0 Å². The van der Waals surface area contributed by atoms with Crippen molar-refractivity contribution < 1.29 is 17.9 Å². The molecule has 1 aliphatic heterocycles. The monoisotopic (exact) mass is 340 g/mol. The minimum absolute atomic E-state index is 0.0592. The third-order valence-electron chi connectivity index (χ3n) is 4.21. The van der Waals surface area contributed by atoms with Gasteiger partial charge in [-0.2, -0.15) is 0 Å². The molecule has 0 aliphatic carbocycles. The lowest BCUT2D eigenvalue weighted by molar-refractivity contribution is 0.102. The number of hydrogen-bond acceptors (Lipinski definition) is 4. The number of ether oxygens (including phenoxy) is 1. The van der Waals surface area contributed by atoms with E-state index in [1.807, 2.05) is 37.3 Å². The van der Waals surface area contributed by atoms with Gasteiger partial charge in [-0.05, 0) is 17.4 Å². The van der Waals surface area contributed by atoms with Crippen LogP contribution >= 0.6 is 0 Å². The predicted molar refractivity (Wildman–Crippen MR) is 88.3 cm³/mol. The second-order valence-corrected chi connectivity index (χ2v) is 8.47. The molecule has 1 saturated heterocycles. The third-order valence-corrected chi connectivity index (χ3v) is 6.17. The highest BCUT2D eigenvalue weighted by molar-refractivity contribution is 7.89. The van der Waals surface area contributed by atoms with Gasteiger partial charge in [0.15, 0.2) is 0 Å². The van der Waals surface area contributed by atoms with Gasteiger partial charge in [-0.1, -0.05) is 37.3 Å². The fourth-order valence-electron chi connectivity index (χ4n) is 2.63. The largest absolute Gasteiger partial charge is 0.445 e. The lowest BCUT2D eigenvalue weighted by Crippen LogP contribution is -2.33. The van der Waals surface area contributed by atoms with Crippen LogP contribution in [0.1, 0.15) is 12.5 Å². The van der Waals surface area contributed by atoms with Crippen molar-refractivity contribution in [1.82, 2.24) is 9.21 Å². The van der Waals surface area contributed by atoms with Crippen LogP contribution in [0.3, 0.4) is 0 Å². The summed E-state index contributed by atoms with van der Waals surface area (Å²) in [7, 11) is -0.207. The first-order valence-electron chi connectivity index (χ1n) is 7.65. The molecule has 0 saturated carbocycles. The van der Waals surface area contributed by atoms with Gasteiger partial charge in [-0.15, -0.1) is 0 Å². The zero-order valence-corrected chi connectivity index (χ0v) is 14.6. The molecular formula is C16H24N2O4S. The Hall–Kier alpha value is -1.60. The molecule has 23 heavy (non-hydrogen) atoms. The van der Waals surface area contributed by atoms with Crippen LogP contribution in [0.15, 0.2) is 30.3 Å². The average molecular weight is 340 g/mol. The Labute approximate surface area is 138 Å². The maximum atomic E-state index is 12.2. The Morgan fingerprint density at radius 1 is 1.26 bits per heavy atom. The summed E-state index contributed by atoms with van der Waals surface area (Å²) in [6, 6.07) is 9.48. The number of benzene rings is 1. The second-order valence-electron chi connectivity index (χ2n) is 6.24. The lowest BCUT2D eigenvalue weighted by Gasteiger charge is -2.18. The van der Waals surface area contributed by atoms with Crippen molar-refractivity contribution >= 4 is 16.1 Å². The summed E-state index contributed by atoms with van der Waals surface area (Å²) in [6.45, 7) is 3.15. The molecule has 1 heterocycles. The van der Waals surface area contributed by atoms with Gasteiger partial charge in [-0.25, -0.2) is 17.5 Å².